The van der Waals surface area contributed by atoms with Crippen LogP contribution in [0.15, 0.2) is 71.7 Å². The van der Waals surface area contributed by atoms with E-state index in [0.29, 0.717) is 56.7 Å². The lowest BCUT2D eigenvalue weighted by Crippen LogP contribution is -2.30. The Balaban J connectivity index is 1.39. The van der Waals surface area contributed by atoms with E-state index in [1.165, 1.54) is 14.2 Å². The van der Waals surface area contributed by atoms with Gasteiger partial charge in [-0.15, -0.1) is 0 Å². The molecule has 0 fully saturated rings. The molecule has 3 aromatic heterocycles. The van der Waals surface area contributed by atoms with Crippen molar-refractivity contribution in [2.75, 3.05) is 26.1 Å². The number of fused-ring (bicyclic) bond motifs is 5. The van der Waals surface area contributed by atoms with E-state index in [-0.39, 0.29) is 18.1 Å². The number of anilines is 1. The van der Waals surface area contributed by atoms with Crippen molar-refractivity contribution in [3.63, 3.8) is 0 Å². The molecule has 1 unspecified atom stereocenters. The van der Waals surface area contributed by atoms with Crippen molar-refractivity contribution < 1.29 is 24.1 Å². The van der Waals surface area contributed by atoms with E-state index in [1.807, 2.05) is 36.4 Å². The highest BCUT2D eigenvalue weighted by Crippen LogP contribution is 2.39. The molecule has 0 aliphatic carbocycles. The van der Waals surface area contributed by atoms with Crippen molar-refractivity contribution in [2.45, 2.75) is 19.4 Å². The van der Waals surface area contributed by atoms with Gasteiger partial charge in [-0.2, -0.15) is 0 Å². The van der Waals surface area contributed by atoms with Crippen LogP contribution < -0.4 is 25.1 Å². The minimum atomic E-state index is -0.779. The molecule has 0 aliphatic heterocycles. The van der Waals surface area contributed by atoms with Crippen molar-refractivity contribution in [3.05, 3.63) is 82.8 Å². The molecule has 0 spiro atoms. The third kappa shape index (κ3) is 4.02. The number of aromatic nitrogens is 2. The van der Waals surface area contributed by atoms with E-state index in [1.54, 1.807) is 41.8 Å². The molecule has 0 saturated carbocycles. The maximum Gasteiger partial charge on any atom is 0.267 e. The quantitative estimate of drug-likeness (QED) is 0.274. The smallest absolute Gasteiger partial charge is 0.267 e. The van der Waals surface area contributed by atoms with Crippen LogP contribution in [0.4, 0.5) is 5.69 Å². The van der Waals surface area contributed by atoms with Gasteiger partial charge in [0.2, 0.25) is 0 Å². The highest BCUT2D eigenvalue weighted by Gasteiger charge is 2.23. The number of carbonyl (C=O) groups excluding carboxylic acids is 1. The van der Waals surface area contributed by atoms with Crippen LogP contribution in [0, 0.1) is 0 Å². The molecule has 6 aromatic rings. The molecular formula is C31H27N3O6. The van der Waals surface area contributed by atoms with E-state index in [2.05, 4.69) is 10.3 Å². The number of pyridine rings is 2. The van der Waals surface area contributed by atoms with Crippen LogP contribution in [-0.4, -0.2) is 47.3 Å². The predicted molar refractivity (Wildman–Crippen MR) is 154 cm³/mol. The lowest BCUT2D eigenvalue weighted by Gasteiger charge is -2.15. The first-order valence-electron chi connectivity index (χ1n) is 12.9. The fraction of sp³-hybridized carbons (Fsp3) is 0.194. The van der Waals surface area contributed by atoms with Crippen molar-refractivity contribution >= 4 is 49.7 Å². The standard InChI is InChI=1S/C31H27N3O6/c1-17(30(36)33-19-6-4-18(5-7-19)13-15-35)40-20-8-10-24-23(16-20)21-12-14-32-27-22-9-11-25(38-2)29(39-3)26(22)31(37)34(24)28(21)27/h4-12,14,16-17,35H,13,15H2,1-3H3,(H,33,36). The van der Waals surface area contributed by atoms with Crippen LogP contribution in [0.25, 0.3) is 38.1 Å². The van der Waals surface area contributed by atoms with Gasteiger partial charge in [-0.25, -0.2) is 0 Å². The second kappa shape index (κ2) is 10.0. The number of hydrogen-bond acceptors (Lipinski definition) is 7. The number of nitrogens with one attached hydrogen (secondary N) is 1. The normalized spacial score (nSPS) is 12.3. The summed E-state index contributed by atoms with van der Waals surface area (Å²) in [6, 6.07) is 18.2. The third-order valence-corrected chi connectivity index (χ3v) is 7.17. The SMILES string of the molecule is COc1ccc2c(c1OC)c(=O)n1c3ccc(OC(C)C(=O)Nc4ccc(CCO)cc4)cc3c3ccnc2c31. The van der Waals surface area contributed by atoms with Crippen LogP contribution in [0.3, 0.4) is 0 Å². The first kappa shape index (κ1) is 25.4. The molecule has 1 amide bonds. The number of rotatable bonds is 8. The number of carbonyl (C=O) groups is 1. The zero-order valence-corrected chi connectivity index (χ0v) is 22.2. The summed E-state index contributed by atoms with van der Waals surface area (Å²) in [5, 5.41) is 14.7. The van der Waals surface area contributed by atoms with E-state index in [9.17, 15) is 9.59 Å². The van der Waals surface area contributed by atoms with Gasteiger partial charge in [0.15, 0.2) is 17.6 Å². The number of amides is 1. The summed E-state index contributed by atoms with van der Waals surface area (Å²) in [5.74, 6) is 1.02. The Morgan fingerprint density at radius 1 is 1.00 bits per heavy atom. The maximum absolute atomic E-state index is 13.9. The van der Waals surface area contributed by atoms with Crippen LogP contribution in [0.5, 0.6) is 17.2 Å². The van der Waals surface area contributed by atoms with E-state index in [4.69, 9.17) is 19.3 Å². The summed E-state index contributed by atoms with van der Waals surface area (Å²) in [6.45, 7) is 1.75. The first-order chi connectivity index (χ1) is 19.4. The summed E-state index contributed by atoms with van der Waals surface area (Å²) >= 11 is 0. The average Bonchev–Trinajstić information content (AvgIpc) is 3.31. The molecule has 202 valence electrons. The minimum absolute atomic E-state index is 0.0709. The van der Waals surface area contributed by atoms with E-state index >= 15 is 0 Å². The Morgan fingerprint density at radius 3 is 2.52 bits per heavy atom. The number of nitrogens with zero attached hydrogens (tertiary/aromatic N) is 2. The predicted octanol–water partition coefficient (Wildman–Crippen LogP) is 4.55. The topological polar surface area (TPSA) is 111 Å². The fourth-order valence-corrected chi connectivity index (χ4v) is 5.26. The molecule has 9 nitrogen and oxygen atoms in total. The lowest BCUT2D eigenvalue weighted by atomic mass is 10.1. The lowest BCUT2D eigenvalue weighted by molar-refractivity contribution is -0.122. The van der Waals surface area contributed by atoms with Gasteiger partial charge in [0, 0.05) is 34.6 Å². The molecule has 2 N–H and O–H groups in total. The first-order valence-corrected chi connectivity index (χ1v) is 12.9. The van der Waals surface area contributed by atoms with Crippen molar-refractivity contribution in [3.8, 4) is 17.2 Å². The third-order valence-electron chi connectivity index (χ3n) is 7.17. The highest BCUT2D eigenvalue weighted by molar-refractivity contribution is 6.19. The summed E-state index contributed by atoms with van der Waals surface area (Å²) in [4.78, 5) is 31.4. The van der Waals surface area contributed by atoms with Crippen LogP contribution >= 0.6 is 0 Å². The molecule has 9 heteroatoms. The maximum atomic E-state index is 13.9. The van der Waals surface area contributed by atoms with Gasteiger partial charge in [-0.3, -0.25) is 19.0 Å². The Labute approximate surface area is 228 Å². The monoisotopic (exact) mass is 537 g/mol. The fourth-order valence-electron chi connectivity index (χ4n) is 5.26. The van der Waals surface area contributed by atoms with Crippen molar-refractivity contribution in [2.24, 2.45) is 0 Å². The Kier molecular flexibility index (Phi) is 6.36. The number of aliphatic hydroxyl groups excluding tert-OH is 1. The van der Waals surface area contributed by atoms with Gasteiger partial charge < -0.3 is 24.6 Å². The molecule has 3 heterocycles. The van der Waals surface area contributed by atoms with Gasteiger partial charge in [-0.1, -0.05) is 12.1 Å². The zero-order chi connectivity index (χ0) is 28.0. The number of aliphatic hydroxyl groups is 1. The molecule has 3 aromatic carbocycles. The van der Waals surface area contributed by atoms with Gasteiger partial charge in [0.1, 0.15) is 5.75 Å². The summed E-state index contributed by atoms with van der Waals surface area (Å²) in [6.07, 6.45) is 1.50. The Morgan fingerprint density at radius 2 is 1.80 bits per heavy atom. The Hall–Kier alpha value is -4.89. The second-order valence-electron chi connectivity index (χ2n) is 9.52. The Bertz CT molecular complexity index is 1950. The van der Waals surface area contributed by atoms with Gasteiger partial charge in [0.25, 0.3) is 11.5 Å². The zero-order valence-electron chi connectivity index (χ0n) is 22.2. The van der Waals surface area contributed by atoms with Gasteiger partial charge >= 0.3 is 0 Å². The molecule has 0 aliphatic rings. The average molecular weight is 538 g/mol. The van der Waals surface area contributed by atoms with Crippen molar-refractivity contribution in [1.29, 1.82) is 0 Å². The summed E-state index contributed by atoms with van der Waals surface area (Å²) in [5.41, 5.74) is 3.46. The molecule has 1 atom stereocenters. The number of hydrogen-bond donors (Lipinski definition) is 2. The molecule has 0 radical (unpaired) electrons. The molecule has 40 heavy (non-hydrogen) atoms. The van der Waals surface area contributed by atoms with E-state index in [0.717, 1.165) is 16.3 Å². The number of methoxy groups -OCH3 is 2. The molecular weight excluding hydrogens is 510 g/mol. The number of benzene rings is 3. The van der Waals surface area contributed by atoms with Gasteiger partial charge in [-0.05, 0) is 67.4 Å². The highest BCUT2D eigenvalue weighted by atomic mass is 16.5. The molecule has 0 bridgehead atoms. The van der Waals surface area contributed by atoms with E-state index < -0.39 is 6.10 Å². The largest absolute Gasteiger partial charge is 0.493 e. The second-order valence-corrected chi connectivity index (χ2v) is 9.52. The molecule has 6 rings (SSSR count). The van der Waals surface area contributed by atoms with Crippen molar-refractivity contribution in [1.82, 2.24) is 9.38 Å². The van der Waals surface area contributed by atoms with Crippen LogP contribution in [0.1, 0.15) is 12.5 Å². The minimum Gasteiger partial charge on any atom is -0.493 e. The van der Waals surface area contributed by atoms with Crippen LogP contribution in [-0.2, 0) is 11.2 Å². The summed E-state index contributed by atoms with van der Waals surface area (Å²) in [7, 11) is 3.04. The van der Waals surface area contributed by atoms with Crippen LogP contribution in [0.2, 0.25) is 0 Å². The number of ether oxygens (including phenoxy) is 3. The molecule has 0 saturated heterocycles. The summed E-state index contributed by atoms with van der Waals surface area (Å²) < 4.78 is 18.7. The van der Waals surface area contributed by atoms with Gasteiger partial charge in [0.05, 0.1) is 36.2 Å².